The van der Waals surface area contributed by atoms with Crippen molar-refractivity contribution in [3.05, 3.63) is 54.2 Å². The standard InChI is InChI=1S/C18H19N5O2/c1-11(2)19-18(25)21-13-9-7-12(8-10-13)20-17(24)16-14-5-3-4-6-15(14)22-23-16/h3-11H,1-2H3,(H,20,24)(H,22,23)(H2,19,21,25). The van der Waals surface area contributed by atoms with E-state index in [2.05, 4.69) is 26.1 Å². The molecule has 0 saturated heterocycles. The van der Waals surface area contributed by atoms with Crippen molar-refractivity contribution >= 4 is 34.2 Å². The molecule has 1 heterocycles. The Kier molecular flexibility index (Phi) is 4.65. The van der Waals surface area contributed by atoms with E-state index in [9.17, 15) is 9.59 Å². The second kappa shape index (κ2) is 7.04. The number of benzene rings is 2. The molecule has 4 N–H and O–H groups in total. The summed E-state index contributed by atoms with van der Waals surface area (Å²) < 4.78 is 0. The topological polar surface area (TPSA) is 98.9 Å². The second-order valence-corrected chi connectivity index (χ2v) is 5.90. The molecular weight excluding hydrogens is 318 g/mol. The van der Waals surface area contributed by atoms with Crippen LogP contribution in [0.2, 0.25) is 0 Å². The highest BCUT2D eigenvalue weighted by Gasteiger charge is 2.14. The lowest BCUT2D eigenvalue weighted by molar-refractivity contribution is 0.102. The molecule has 7 heteroatoms. The third-order valence-electron chi connectivity index (χ3n) is 3.51. The van der Waals surface area contributed by atoms with Crippen LogP contribution in [0.4, 0.5) is 16.2 Å². The summed E-state index contributed by atoms with van der Waals surface area (Å²) in [5, 5.41) is 15.9. The van der Waals surface area contributed by atoms with E-state index in [0.717, 1.165) is 10.9 Å². The zero-order chi connectivity index (χ0) is 17.8. The third kappa shape index (κ3) is 3.95. The number of nitrogens with zero attached hydrogens (tertiary/aromatic N) is 1. The molecule has 0 radical (unpaired) electrons. The van der Waals surface area contributed by atoms with Crippen LogP contribution in [-0.4, -0.2) is 28.2 Å². The van der Waals surface area contributed by atoms with E-state index in [4.69, 9.17) is 0 Å². The maximum atomic E-state index is 12.4. The van der Waals surface area contributed by atoms with Crippen LogP contribution in [0.25, 0.3) is 10.9 Å². The molecule has 0 unspecified atom stereocenters. The van der Waals surface area contributed by atoms with Crippen molar-refractivity contribution < 1.29 is 9.59 Å². The molecule has 0 fully saturated rings. The first-order chi connectivity index (χ1) is 12.0. The predicted molar refractivity (Wildman–Crippen MR) is 97.8 cm³/mol. The van der Waals surface area contributed by atoms with Gasteiger partial charge in [0.1, 0.15) is 0 Å². The molecule has 0 atom stereocenters. The first kappa shape index (κ1) is 16.5. The van der Waals surface area contributed by atoms with E-state index < -0.39 is 0 Å². The summed E-state index contributed by atoms with van der Waals surface area (Å²) >= 11 is 0. The number of aromatic amines is 1. The number of hydrogen-bond donors (Lipinski definition) is 4. The zero-order valence-corrected chi connectivity index (χ0v) is 14.0. The number of hydrogen-bond acceptors (Lipinski definition) is 3. The van der Waals surface area contributed by atoms with Gasteiger partial charge in [-0.25, -0.2) is 4.79 Å². The van der Waals surface area contributed by atoms with E-state index in [1.54, 1.807) is 24.3 Å². The molecule has 1 aromatic heterocycles. The van der Waals surface area contributed by atoms with Crippen LogP contribution >= 0.6 is 0 Å². The fraction of sp³-hybridized carbons (Fsp3) is 0.167. The van der Waals surface area contributed by atoms with Gasteiger partial charge in [0, 0.05) is 22.8 Å². The highest BCUT2D eigenvalue weighted by atomic mass is 16.2. The Hall–Kier alpha value is -3.35. The number of anilines is 2. The maximum absolute atomic E-state index is 12.4. The van der Waals surface area contributed by atoms with Crippen molar-refractivity contribution in [3.63, 3.8) is 0 Å². The van der Waals surface area contributed by atoms with Crippen LogP contribution < -0.4 is 16.0 Å². The lowest BCUT2D eigenvalue weighted by Crippen LogP contribution is -2.34. The van der Waals surface area contributed by atoms with E-state index >= 15 is 0 Å². The third-order valence-corrected chi connectivity index (χ3v) is 3.51. The highest BCUT2D eigenvalue weighted by molar-refractivity contribution is 6.11. The number of carbonyl (C=O) groups excluding carboxylic acids is 2. The van der Waals surface area contributed by atoms with E-state index in [1.165, 1.54) is 0 Å². The SMILES string of the molecule is CC(C)NC(=O)Nc1ccc(NC(=O)c2n[nH]c3ccccc23)cc1. The summed E-state index contributed by atoms with van der Waals surface area (Å²) in [6, 6.07) is 14.1. The van der Waals surface area contributed by atoms with Gasteiger partial charge >= 0.3 is 6.03 Å². The summed E-state index contributed by atoms with van der Waals surface area (Å²) in [5.41, 5.74) is 2.41. The average Bonchev–Trinajstić information content (AvgIpc) is 3.00. The minimum atomic E-state index is -0.296. The molecular formula is C18H19N5O2. The van der Waals surface area contributed by atoms with Crippen molar-refractivity contribution in [3.8, 4) is 0 Å². The highest BCUT2D eigenvalue weighted by Crippen LogP contribution is 2.18. The summed E-state index contributed by atoms with van der Waals surface area (Å²) in [6.07, 6.45) is 0. The number of fused-ring (bicyclic) bond motifs is 1. The van der Waals surface area contributed by atoms with Crippen LogP contribution in [-0.2, 0) is 0 Å². The zero-order valence-electron chi connectivity index (χ0n) is 14.0. The Morgan fingerprint density at radius 1 is 0.960 bits per heavy atom. The molecule has 7 nitrogen and oxygen atoms in total. The van der Waals surface area contributed by atoms with Crippen molar-refractivity contribution in [2.24, 2.45) is 0 Å². The van der Waals surface area contributed by atoms with Gasteiger partial charge < -0.3 is 16.0 Å². The maximum Gasteiger partial charge on any atom is 0.319 e. The molecule has 0 saturated carbocycles. The smallest absolute Gasteiger partial charge is 0.319 e. The molecule has 3 aromatic rings. The van der Waals surface area contributed by atoms with Gasteiger partial charge in [-0.15, -0.1) is 0 Å². The fourth-order valence-electron chi connectivity index (χ4n) is 2.39. The van der Waals surface area contributed by atoms with Crippen molar-refractivity contribution in [1.29, 1.82) is 0 Å². The molecule has 3 amide bonds. The summed E-state index contributed by atoms with van der Waals surface area (Å²) in [5.74, 6) is -0.296. The van der Waals surface area contributed by atoms with Crippen LogP contribution in [0, 0.1) is 0 Å². The normalized spacial score (nSPS) is 10.7. The van der Waals surface area contributed by atoms with Gasteiger partial charge in [-0.1, -0.05) is 18.2 Å². The molecule has 25 heavy (non-hydrogen) atoms. The largest absolute Gasteiger partial charge is 0.336 e. The number of amides is 3. The number of aromatic nitrogens is 2. The Labute approximate surface area is 144 Å². The fourth-order valence-corrected chi connectivity index (χ4v) is 2.39. The van der Waals surface area contributed by atoms with Gasteiger partial charge in [-0.05, 0) is 44.2 Å². The number of para-hydroxylation sites is 1. The Morgan fingerprint density at radius 3 is 2.28 bits per heavy atom. The van der Waals surface area contributed by atoms with Crippen molar-refractivity contribution in [1.82, 2.24) is 15.5 Å². The molecule has 0 aliphatic rings. The van der Waals surface area contributed by atoms with Gasteiger partial charge in [0.05, 0.1) is 5.52 Å². The van der Waals surface area contributed by atoms with Crippen molar-refractivity contribution in [2.45, 2.75) is 19.9 Å². The Balaban J connectivity index is 1.67. The average molecular weight is 337 g/mol. The van der Waals surface area contributed by atoms with Crippen LogP contribution in [0.3, 0.4) is 0 Å². The molecule has 0 bridgehead atoms. The van der Waals surface area contributed by atoms with Gasteiger partial charge in [0.15, 0.2) is 5.69 Å². The molecule has 0 aliphatic carbocycles. The second-order valence-electron chi connectivity index (χ2n) is 5.90. The number of urea groups is 1. The lowest BCUT2D eigenvalue weighted by Gasteiger charge is -2.10. The van der Waals surface area contributed by atoms with Crippen LogP contribution in [0.1, 0.15) is 24.3 Å². The van der Waals surface area contributed by atoms with Crippen molar-refractivity contribution in [2.75, 3.05) is 10.6 Å². The molecule has 0 aliphatic heterocycles. The quantitative estimate of drug-likeness (QED) is 0.587. The van der Waals surface area contributed by atoms with Gasteiger partial charge in [0.2, 0.25) is 0 Å². The molecule has 3 rings (SSSR count). The molecule has 128 valence electrons. The Bertz CT molecular complexity index is 899. The summed E-state index contributed by atoms with van der Waals surface area (Å²) in [4.78, 5) is 24.1. The minimum Gasteiger partial charge on any atom is -0.336 e. The Morgan fingerprint density at radius 2 is 1.60 bits per heavy atom. The molecule has 0 spiro atoms. The van der Waals surface area contributed by atoms with Gasteiger partial charge in [-0.2, -0.15) is 5.10 Å². The van der Waals surface area contributed by atoms with Gasteiger partial charge in [-0.3, -0.25) is 9.89 Å². The lowest BCUT2D eigenvalue weighted by atomic mass is 10.2. The first-order valence-corrected chi connectivity index (χ1v) is 7.95. The number of nitrogens with one attached hydrogen (secondary N) is 4. The summed E-state index contributed by atoms with van der Waals surface area (Å²) in [7, 11) is 0. The van der Waals surface area contributed by atoms with Gasteiger partial charge in [0.25, 0.3) is 5.91 Å². The molecule has 2 aromatic carbocycles. The number of rotatable bonds is 4. The monoisotopic (exact) mass is 337 g/mol. The van der Waals surface area contributed by atoms with Crippen LogP contribution in [0.15, 0.2) is 48.5 Å². The van der Waals surface area contributed by atoms with E-state index in [0.29, 0.717) is 17.1 Å². The minimum absolute atomic E-state index is 0.0576. The van der Waals surface area contributed by atoms with E-state index in [-0.39, 0.29) is 18.0 Å². The van der Waals surface area contributed by atoms with E-state index in [1.807, 2.05) is 38.1 Å². The number of H-pyrrole nitrogens is 1. The van der Waals surface area contributed by atoms with Crippen LogP contribution in [0.5, 0.6) is 0 Å². The predicted octanol–water partition coefficient (Wildman–Crippen LogP) is 3.35. The number of carbonyl (C=O) groups is 2. The first-order valence-electron chi connectivity index (χ1n) is 7.95. The summed E-state index contributed by atoms with van der Waals surface area (Å²) in [6.45, 7) is 3.77.